The average molecular weight is 324 g/mol. The van der Waals surface area contributed by atoms with Crippen molar-refractivity contribution < 1.29 is 37.0 Å². The van der Waals surface area contributed by atoms with Gasteiger partial charge in [-0.3, -0.25) is 4.79 Å². The fourth-order valence-electron chi connectivity index (χ4n) is 1.42. The lowest BCUT2D eigenvalue weighted by atomic mass is 10.2. The highest BCUT2D eigenvalue weighted by molar-refractivity contribution is 5.89. The molecule has 10 heteroatoms. The smallest absolute Gasteiger partial charge is 0.387 e. The molecule has 1 aromatic carbocycles. The van der Waals surface area contributed by atoms with Crippen LogP contribution in [0.3, 0.4) is 0 Å². The number of ether oxygens (including phenoxy) is 1. The maximum Gasteiger partial charge on any atom is 0.387 e. The highest BCUT2D eigenvalue weighted by Gasteiger charge is 2.16. The Balaban J connectivity index is 2.60. The van der Waals surface area contributed by atoms with Crippen LogP contribution in [-0.4, -0.2) is 30.3 Å². The number of carboxylic acids is 1. The van der Waals surface area contributed by atoms with E-state index in [1.165, 1.54) is 0 Å². The summed E-state index contributed by atoms with van der Waals surface area (Å²) in [4.78, 5) is 21.6. The Morgan fingerprint density at radius 3 is 2.50 bits per heavy atom. The third-order valence-electron chi connectivity index (χ3n) is 2.34. The van der Waals surface area contributed by atoms with Gasteiger partial charge in [-0.05, 0) is 6.42 Å². The molecule has 0 saturated heterocycles. The normalized spacial score (nSPS) is 10.4. The van der Waals surface area contributed by atoms with Crippen molar-refractivity contribution >= 4 is 17.7 Å². The molecular weight excluding hydrogens is 312 g/mol. The topological polar surface area (TPSA) is 87.7 Å². The fourth-order valence-corrected chi connectivity index (χ4v) is 1.42. The molecule has 0 aliphatic rings. The molecule has 0 unspecified atom stereocenters. The number of nitrogens with one attached hydrogen (secondary N) is 2. The fraction of sp³-hybridized carbons (Fsp3) is 0.333. The number of hydrogen-bond donors (Lipinski definition) is 3. The van der Waals surface area contributed by atoms with Gasteiger partial charge in [0.2, 0.25) is 0 Å². The Labute approximate surface area is 122 Å². The lowest BCUT2D eigenvalue weighted by molar-refractivity contribution is -0.137. The van der Waals surface area contributed by atoms with Gasteiger partial charge in [0.25, 0.3) is 0 Å². The van der Waals surface area contributed by atoms with Gasteiger partial charge in [0.15, 0.2) is 17.4 Å². The van der Waals surface area contributed by atoms with Crippen LogP contribution in [-0.2, 0) is 4.79 Å². The van der Waals surface area contributed by atoms with E-state index in [1.807, 2.05) is 5.32 Å². The van der Waals surface area contributed by atoms with E-state index in [4.69, 9.17) is 5.11 Å². The van der Waals surface area contributed by atoms with Crippen LogP contribution in [0.2, 0.25) is 0 Å². The molecule has 2 amide bonds. The van der Waals surface area contributed by atoms with Crippen molar-refractivity contribution in [3.63, 3.8) is 0 Å². The van der Waals surface area contributed by atoms with Gasteiger partial charge in [-0.2, -0.15) is 8.78 Å². The number of anilines is 1. The van der Waals surface area contributed by atoms with Gasteiger partial charge in [-0.15, -0.1) is 0 Å². The summed E-state index contributed by atoms with van der Waals surface area (Å²) >= 11 is 0. The molecule has 0 spiro atoms. The van der Waals surface area contributed by atoms with Crippen molar-refractivity contribution in [1.82, 2.24) is 5.32 Å². The van der Waals surface area contributed by atoms with Crippen LogP contribution in [0.15, 0.2) is 12.1 Å². The van der Waals surface area contributed by atoms with E-state index in [2.05, 4.69) is 10.1 Å². The molecule has 22 heavy (non-hydrogen) atoms. The summed E-state index contributed by atoms with van der Waals surface area (Å²) in [6.07, 6.45) is -0.0102. The van der Waals surface area contributed by atoms with E-state index < -0.39 is 41.7 Å². The van der Waals surface area contributed by atoms with Gasteiger partial charge in [0.05, 0.1) is 5.69 Å². The number of amides is 2. The van der Waals surface area contributed by atoms with E-state index in [0.29, 0.717) is 12.1 Å². The Morgan fingerprint density at radius 2 is 1.91 bits per heavy atom. The molecule has 0 atom stereocenters. The first kappa shape index (κ1) is 17.5. The van der Waals surface area contributed by atoms with Gasteiger partial charge in [0, 0.05) is 25.1 Å². The summed E-state index contributed by atoms with van der Waals surface area (Å²) < 4.78 is 54.5. The molecule has 0 aliphatic heterocycles. The van der Waals surface area contributed by atoms with Crippen LogP contribution in [0.4, 0.5) is 28.0 Å². The Hall–Kier alpha value is -2.52. The minimum Gasteiger partial charge on any atom is -0.481 e. The number of alkyl halides is 2. The highest BCUT2D eigenvalue weighted by Crippen LogP contribution is 2.26. The molecular formula is C12H12F4N2O4. The molecule has 0 bridgehead atoms. The van der Waals surface area contributed by atoms with Crippen LogP contribution in [0.5, 0.6) is 5.75 Å². The molecule has 3 N–H and O–H groups in total. The van der Waals surface area contributed by atoms with E-state index >= 15 is 0 Å². The highest BCUT2D eigenvalue weighted by atomic mass is 19.3. The first-order chi connectivity index (χ1) is 10.3. The molecule has 122 valence electrons. The molecule has 0 aliphatic carbocycles. The predicted octanol–water partition coefficient (Wildman–Crippen LogP) is 2.55. The van der Waals surface area contributed by atoms with Gasteiger partial charge >= 0.3 is 18.6 Å². The summed E-state index contributed by atoms with van der Waals surface area (Å²) in [5, 5.41) is 12.6. The van der Waals surface area contributed by atoms with Crippen LogP contribution in [0.25, 0.3) is 0 Å². The number of carboxylic acid groups (broad SMARTS) is 1. The van der Waals surface area contributed by atoms with Crippen molar-refractivity contribution in [2.75, 3.05) is 11.9 Å². The zero-order valence-electron chi connectivity index (χ0n) is 11.0. The molecule has 0 fully saturated rings. The SMILES string of the molecule is O=C(O)CCCNC(=O)Nc1cc(F)c(OC(F)F)cc1F. The second kappa shape index (κ2) is 8.05. The first-order valence-corrected chi connectivity index (χ1v) is 6.00. The number of halogens is 4. The van der Waals surface area contributed by atoms with Crippen molar-refractivity contribution in [3.8, 4) is 5.75 Å². The van der Waals surface area contributed by atoms with Crippen molar-refractivity contribution in [2.24, 2.45) is 0 Å². The number of aliphatic carboxylic acids is 1. The number of hydrogen-bond acceptors (Lipinski definition) is 3. The summed E-state index contributed by atoms with van der Waals surface area (Å²) in [7, 11) is 0. The van der Waals surface area contributed by atoms with E-state index in [1.54, 1.807) is 0 Å². The Bertz CT molecular complexity index is 554. The second-order valence-electron chi connectivity index (χ2n) is 4.02. The second-order valence-corrected chi connectivity index (χ2v) is 4.02. The largest absolute Gasteiger partial charge is 0.481 e. The maximum absolute atomic E-state index is 13.5. The summed E-state index contributed by atoms with van der Waals surface area (Å²) in [5.41, 5.74) is -0.574. The molecule has 1 rings (SSSR count). The standard InChI is InChI=1S/C12H12F4N2O4/c13-6-5-9(22-11(15)16)7(14)4-8(6)18-12(21)17-3-1-2-10(19)20/h4-5,11H,1-3H2,(H,19,20)(H2,17,18,21). The molecule has 1 aromatic rings. The van der Waals surface area contributed by atoms with Crippen LogP contribution in [0, 0.1) is 11.6 Å². The van der Waals surface area contributed by atoms with Crippen molar-refractivity contribution in [2.45, 2.75) is 19.5 Å². The Kier molecular flexibility index (Phi) is 6.42. The number of carbonyl (C=O) groups is 2. The van der Waals surface area contributed by atoms with Gasteiger partial charge in [0.1, 0.15) is 0 Å². The zero-order chi connectivity index (χ0) is 16.7. The zero-order valence-corrected chi connectivity index (χ0v) is 11.0. The van der Waals surface area contributed by atoms with Crippen LogP contribution in [0.1, 0.15) is 12.8 Å². The molecule has 6 nitrogen and oxygen atoms in total. The number of urea groups is 1. The van der Waals surface area contributed by atoms with Gasteiger partial charge in [-0.25, -0.2) is 13.6 Å². The number of benzene rings is 1. The Morgan fingerprint density at radius 1 is 1.23 bits per heavy atom. The van der Waals surface area contributed by atoms with Gasteiger partial charge in [-0.1, -0.05) is 0 Å². The summed E-state index contributed by atoms with van der Waals surface area (Å²) in [6, 6.07) is -0.0305. The monoisotopic (exact) mass is 324 g/mol. The average Bonchev–Trinajstić information content (AvgIpc) is 2.39. The minimum absolute atomic E-state index is 0.00874. The van der Waals surface area contributed by atoms with Crippen LogP contribution < -0.4 is 15.4 Å². The lowest BCUT2D eigenvalue weighted by Gasteiger charge is -2.11. The van der Waals surface area contributed by atoms with E-state index in [0.717, 1.165) is 0 Å². The van der Waals surface area contributed by atoms with Crippen LogP contribution >= 0.6 is 0 Å². The molecule has 0 heterocycles. The van der Waals surface area contributed by atoms with Gasteiger partial charge < -0.3 is 20.5 Å². The summed E-state index contributed by atoms with van der Waals surface area (Å²) in [5.74, 6) is -4.47. The number of rotatable bonds is 7. The number of carbonyl (C=O) groups excluding carboxylic acids is 1. The lowest BCUT2D eigenvalue weighted by Crippen LogP contribution is -2.30. The van der Waals surface area contributed by atoms with Crippen molar-refractivity contribution in [3.05, 3.63) is 23.8 Å². The van der Waals surface area contributed by atoms with E-state index in [9.17, 15) is 27.2 Å². The quantitative estimate of drug-likeness (QED) is 0.531. The van der Waals surface area contributed by atoms with E-state index in [-0.39, 0.29) is 19.4 Å². The minimum atomic E-state index is -3.31. The molecule has 0 aromatic heterocycles. The first-order valence-electron chi connectivity index (χ1n) is 6.00. The molecule has 0 radical (unpaired) electrons. The summed E-state index contributed by atoms with van der Waals surface area (Å²) in [6.45, 7) is -3.31. The third-order valence-corrected chi connectivity index (χ3v) is 2.34. The van der Waals surface area contributed by atoms with Crippen molar-refractivity contribution in [1.29, 1.82) is 0 Å². The predicted molar refractivity (Wildman–Crippen MR) is 66.9 cm³/mol. The maximum atomic E-state index is 13.5. The molecule has 0 saturated carbocycles. The third kappa shape index (κ3) is 5.85.